The maximum Gasteiger partial charge on any atom is 0.223 e. The van der Waals surface area contributed by atoms with Gasteiger partial charge in [-0.3, -0.25) is 9.59 Å². The van der Waals surface area contributed by atoms with Crippen LogP contribution in [0.4, 0.5) is 0 Å². The molecule has 0 atom stereocenters. The number of nitrogens with one attached hydrogen (secondary N) is 2. The zero-order chi connectivity index (χ0) is 13.7. The van der Waals surface area contributed by atoms with Crippen LogP contribution in [0.1, 0.15) is 25.6 Å². The molecular formula is C11H18N6O2. The van der Waals surface area contributed by atoms with E-state index < -0.39 is 0 Å². The Kier molecular flexibility index (Phi) is 4.43. The van der Waals surface area contributed by atoms with E-state index in [0.717, 1.165) is 12.8 Å². The maximum absolute atomic E-state index is 11.9. The fourth-order valence-corrected chi connectivity index (χ4v) is 2.19. The predicted octanol–water partition coefficient (Wildman–Crippen LogP) is -0.883. The van der Waals surface area contributed by atoms with E-state index in [1.54, 1.807) is 11.8 Å². The van der Waals surface area contributed by atoms with Crippen molar-refractivity contribution in [3.8, 4) is 0 Å². The van der Waals surface area contributed by atoms with Crippen LogP contribution < -0.4 is 5.32 Å². The Morgan fingerprint density at radius 3 is 2.74 bits per heavy atom. The molecule has 1 aliphatic rings. The number of aromatic nitrogens is 4. The molecule has 1 aromatic rings. The number of likely N-dealkylation sites (tertiary alicyclic amines) is 1. The van der Waals surface area contributed by atoms with Crippen molar-refractivity contribution < 1.29 is 9.59 Å². The number of piperidine rings is 1. The maximum atomic E-state index is 11.9. The minimum atomic E-state index is 0.000804. The molecule has 8 heteroatoms. The highest BCUT2D eigenvalue weighted by Gasteiger charge is 2.25. The number of rotatable bonds is 4. The lowest BCUT2D eigenvalue weighted by molar-refractivity contribution is -0.133. The van der Waals surface area contributed by atoms with Crippen LogP contribution in [0.2, 0.25) is 0 Å². The van der Waals surface area contributed by atoms with Crippen molar-refractivity contribution in [2.24, 2.45) is 5.92 Å². The van der Waals surface area contributed by atoms with Gasteiger partial charge < -0.3 is 10.2 Å². The second-order valence-electron chi connectivity index (χ2n) is 4.65. The van der Waals surface area contributed by atoms with Crippen LogP contribution in [0, 0.1) is 5.92 Å². The molecular weight excluding hydrogens is 248 g/mol. The van der Waals surface area contributed by atoms with E-state index in [-0.39, 0.29) is 17.7 Å². The number of tetrazole rings is 1. The van der Waals surface area contributed by atoms with E-state index in [2.05, 4.69) is 25.9 Å². The van der Waals surface area contributed by atoms with Crippen LogP contribution >= 0.6 is 0 Å². The third-order valence-electron chi connectivity index (χ3n) is 3.35. The highest BCUT2D eigenvalue weighted by atomic mass is 16.2. The summed E-state index contributed by atoms with van der Waals surface area (Å²) in [5, 5.41) is 16.3. The molecule has 1 fully saturated rings. The number of carbonyl (C=O) groups excluding carboxylic acids is 2. The van der Waals surface area contributed by atoms with Crippen molar-refractivity contribution in [1.82, 2.24) is 30.8 Å². The van der Waals surface area contributed by atoms with Crippen LogP contribution in [0.15, 0.2) is 0 Å². The van der Waals surface area contributed by atoms with Crippen LogP contribution in [-0.2, 0) is 16.0 Å². The van der Waals surface area contributed by atoms with Gasteiger partial charge in [-0.05, 0) is 12.8 Å². The van der Waals surface area contributed by atoms with E-state index in [1.165, 1.54) is 0 Å². The highest BCUT2D eigenvalue weighted by molar-refractivity contribution is 5.79. The number of amides is 2. The Bertz CT molecular complexity index is 424. The van der Waals surface area contributed by atoms with Gasteiger partial charge in [-0.1, -0.05) is 5.21 Å². The first kappa shape index (κ1) is 13.4. The molecule has 0 aromatic carbocycles. The van der Waals surface area contributed by atoms with E-state index in [4.69, 9.17) is 0 Å². The Morgan fingerprint density at radius 1 is 1.42 bits per heavy atom. The van der Waals surface area contributed by atoms with E-state index in [9.17, 15) is 9.59 Å². The SMILES string of the molecule is CC(=O)N1CCC(C(=O)NCCc2nn[nH]n2)CC1. The average Bonchev–Trinajstić information content (AvgIpc) is 2.92. The van der Waals surface area contributed by atoms with E-state index >= 15 is 0 Å². The summed E-state index contributed by atoms with van der Waals surface area (Å²) in [4.78, 5) is 24.9. The van der Waals surface area contributed by atoms with Gasteiger partial charge in [0.05, 0.1) is 0 Å². The summed E-state index contributed by atoms with van der Waals surface area (Å²) in [6.07, 6.45) is 2.02. The van der Waals surface area contributed by atoms with Crippen LogP contribution in [0.3, 0.4) is 0 Å². The first-order chi connectivity index (χ1) is 9.16. The third kappa shape index (κ3) is 3.73. The molecule has 2 N–H and O–H groups in total. The first-order valence-electron chi connectivity index (χ1n) is 6.42. The van der Waals surface area contributed by atoms with Gasteiger partial charge in [0.25, 0.3) is 0 Å². The molecule has 0 aliphatic carbocycles. The van der Waals surface area contributed by atoms with Crippen molar-refractivity contribution in [2.45, 2.75) is 26.2 Å². The number of H-pyrrole nitrogens is 1. The summed E-state index contributed by atoms with van der Waals surface area (Å²) in [5.41, 5.74) is 0. The largest absolute Gasteiger partial charge is 0.355 e. The summed E-state index contributed by atoms with van der Waals surface area (Å²) in [5.74, 6) is 0.718. The molecule has 0 radical (unpaired) electrons. The van der Waals surface area contributed by atoms with Crippen molar-refractivity contribution >= 4 is 11.8 Å². The van der Waals surface area contributed by atoms with Crippen LogP contribution in [0.5, 0.6) is 0 Å². The van der Waals surface area contributed by atoms with Gasteiger partial charge in [0.15, 0.2) is 5.82 Å². The van der Waals surface area contributed by atoms with Crippen molar-refractivity contribution in [3.63, 3.8) is 0 Å². The predicted molar refractivity (Wildman–Crippen MR) is 65.9 cm³/mol. The molecule has 0 bridgehead atoms. The standard InChI is InChI=1S/C11H18N6O2/c1-8(18)17-6-3-9(4-7-17)11(19)12-5-2-10-13-15-16-14-10/h9H,2-7H2,1H3,(H,12,19)(H,13,14,15,16). The molecule has 0 spiro atoms. The summed E-state index contributed by atoms with van der Waals surface area (Å²) in [7, 11) is 0. The zero-order valence-electron chi connectivity index (χ0n) is 10.9. The Balaban J connectivity index is 1.68. The van der Waals surface area contributed by atoms with E-state index in [0.29, 0.717) is 31.9 Å². The fourth-order valence-electron chi connectivity index (χ4n) is 2.19. The van der Waals surface area contributed by atoms with E-state index in [1.807, 2.05) is 0 Å². The van der Waals surface area contributed by atoms with Crippen LogP contribution in [0.25, 0.3) is 0 Å². The van der Waals surface area contributed by atoms with Crippen molar-refractivity contribution in [3.05, 3.63) is 5.82 Å². The van der Waals surface area contributed by atoms with Crippen molar-refractivity contribution in [2.75, 3.05) is 19.6 Å². The minimum Gasteiger partial charge on any atom is -0.355 e. The average molecular weight is 266 g/mol. The normalized spacial score (nSPS) is 16.4. The number of carbonyl (C=O) groups is 2. The summed E-state index contributed by atoms with van der Waals surface area (Å²) in [6, 6.07) is 0. The number of nitrogens with zero attached hydrogens (tertiary/aromatic N) is 4. The Hall–Kier alpha value is -1.99. The lowest BCUT2D eigenvalue weighted by Crippen LogP contribution is -2.42. The minimum absolute atomic E-state index is 0.000804. The zero-order valence-corrected chi connectivity index (χ0v) is 10.9. The lowest BCUT2D eigenvalue weighted by Gasteiger charge is -2.30. The molecule has 1 aromatic heterocycles. The second-order valence-corrected chi connectivity index (χ2v) is 4.65. The highest BCUT2D eigenvalue weighted by Crippen LogP contribution is 2.17. The van der Waals surface area contributed by atoms with Crippen molar-refractivity contribution in [1.29, 1.82) is 0 Å². The molecule has 2 heterocycles. The summed E-state index contributed by atoms with van der Waals surface area (Å²) in [6.45, 7) is 3.40. The molecule has 1 saturated heterocycles. The van der Waals surface area contributed by atoms with Gasteiger partial charge in [-0.2, -0.15) is 5.21 Å². The molecule has 0 saturated carbocycles. The second kappa shape index (κ2) is 6.26. The first-order valence-corrected chi connectivity index (χ1v) is 6.42. The fraction of sp³-hybridized carbons (Fsp3) is 0.727. The van der Waals surface area contributed by atoms with Crippen LogP contribution in [-0.4, -0.2) is 57.0 Å². The van der Waals surface area contributed by atoms with Gasteiger partial charge >= 0.3 is 0 Å². The molecule has 8 nitrogen and oxygen atoms in total. The number of hydrogen-bond acceptors (Lipinski definition) is 5. The summed E-state index contributed by atoms with van der Waals surface area (Å²) >= 11 is 0. The smallest absolute Gasteiger partial charge is 0.223 e. The summed E-state index contributed by atoms with van der Waals surface area (Å²) < 4.78 is 0. The molecule has 104 valence electrons. The van der Waals surface area contributed by atoms with Gasteiger partial charge in [0, 0.05) is 38.9 Å². The quantitative estimate of drug-likeness (QED) is 0.736. The molecule has 19 heavy (non-hydrogen) atoms. The Morgan fingerprint density at radius 2 is 2.16 bits per heavy atom. The topological polar surface area (TPSA) is 104 Å². The molecule has 2 amide bonds. The van der Waals surface area contributed by atoms with Gasteiger partial charge in [-0.15, -0.1) is 10.2 Å². The molecule has 1 aliphatic heterocycles. The molecule has 0 unspecified atom stereocenters. The third-order valence-corrected chi connectivity index (χ3v) is 3.35. The lowest BCUT2D eigenvalue weighted by atomic mass is 9.96. The van der Waals surface area contributed by atoms with Gasteiger partial charge in [-0.25, -0.2) is 0 Å². The van der Waals surface area contributed by atoms with Gasteiger partial charge in [0.2, 0.25) is 11.8 Å². The number of hydrogen-bond donors (Lipinski definition) is 2. The monoisotopic (exact) mass is 266 g/mol. The molecule has 2 rings (SSSR count). The van der Waals surface area contributed by atoms with Gasteiger partial charge in [0.1, 0.15) is 0 Å². The number of aromatic amines is 1. The Labute approximate surface area is 110 Å².